The molecule has 0 aliphatic heterocycles. The van der Waals surface area contributed by atoms with E-state index in [1.54, 1.807) is 24.3 Å². The Morgan fingerprint density at radius 1 is 1.22 bits per heavy atom. The summed E-state index contributed by atoms with van der Waals surface area (Å²) in [7, 11) is 0. The van der Waals surface area contributed by atoms with Crippen LogP contribution in [0.5, 0.6) is 0 Å². The minimum Gasteiger partial charge on any atom is -0.448 e. The van der Waals surface area contributed by atoms with E-state index < -0.39 is 6.09 Å². The van der Waals surface area contributed by atoms with Crippen LogP contribution in [-0.2, 0) is 4.74 Å². The Bertz CT molecular complexity index is 771. The van der Waals surface area contributed by atoms with Gasteiger partial charge in [-0.15, -0.1) is 0 Å². The van der Waals surface area contributed by atoms with Gasteiger partial charge in [0.1, 0.15) is 12.1 Å². The van der Waals surface area contributed by atoms with E-state index in [0.717, 1.165) is 11.1 Å². The Labute approximate surface area is 142 Å². The Morgan fingerprint density at radius 3 is 2.78 bits per heavy atom. The van der Waals surface area contributed by atoms with Crippen molar-refractivity contribution in [2.24, 2.45) is 0 Å². The number of para-hydroxylation sites is 2. The summed E-state index contributed by atoms with van der Waals surface area (Å²) in [6, 6.07) is 14.4. The lowest BCUT2D eigenvalue weighted by molar-refractivity contribution is 0.169. The molecule has 0 bridgehead atoms. The largest absolute Gasteiger partial charge is 0.448 e. The molecule has 0 unspecified atom stereocenters. The van der Waals surface area contributed by atoms with E-state index in [2.05, 4.69) is 10.3 Å². The van der Waals surface area contributed by atoms with E-state index in [9.17, 15) is 4.79 Å². The number of ether oxygens (including phenoxy) is 1. The van der Waals surface area contributed by atoms with E-state index in [4.69, 9.17) is 20.8 Å². The number of aromatic nitrogens is 1. The molecule has 1 heterocycles. The molecule has 0 fully saturated rings. The van der Waals surface area contributed by atoms with Crippen molar-refractivity contribution in [3.63, 3.8) is 0 Å². The number of carbonyl (C=O) groups is 1. The zero-order valence-corrected chi connectivity index (χ0v) is 13.6. The fourth-order valence-electron chi connectivity index (χ4n) is 1.86. The topological polar surface area (TPSA) is 64.4 Å². The summed E-state index contributed by atoms with van der Waals surface area (Å²) in [4.78, 5) is 16.0. The maximum atomic E-state index is 11.6. The van der Waals surface area contributed by atoms with E-state index in [1.165, 1.54) is 11.8 Å². The van der Waals surface area contributed by atoms with Gasteiger partial charge in [0.25, 0.3) is 5.22 Å². The predicted octanol–water partition coefficient (Wildman–Crippen LogP) is 4.82. The van der Waals surface area contributed by atoms with Gasteiger partial charge in [0.2, 0.25) is 0 Å². The van der Waals surface area contributed by atoms with E-state index in [0.29, 0.717) is 21.7 Å². The molecule has 23 heavy (non-hydrogen) atoms. The fraction of sp³-hybridized carbons (Fsp3) is 0.125. The van der Waals surface area contributed by atoms with Crippen LogP contribution in [-0.4, -0.2) is 23.4 Å². The summed E-state index contributed by atoms with van der Waals surface area (Å²) in [5, 5.41) is 3.79. The highest BCUT2D eigenvalue weighted by molar-refractivity contribution is 7.99. The van der Waals surface area contributed by atoms with Gasteiger partial charge in [-0.3, -0.25) is 5.32 Å². The number of halogens is 1. The van der Waals surface area contributed by atoms with Gasteiger partial charge in [0, 0.05) is 16.5 Å². The van der Waals surface area contributed by atoms with Crippen LogP contribution >= 0.6 is 23.4 Å². The maximum Gasteiger partial charge on any atom is 0.411 e. The number of rotatable bonds is 5. The van der Waals surface area contributed by atoms with Crippen molar-refractivity contribution in [2.75, 3.05) is 17.7 Å². The number of anilines is 1. The quantitative estimate of drug-likeness (QED) is 0.529. The lowest BCUT2D eigenvalue weighted by atomic mass is 10.3. The first-order chi connectivity index (χ1) is 11.2. The first kappa shape index (κ1) is 15.7. The van der Waals surface area contributed by atoms with E-state index in [-0.39, 0.29) is 6.61 Å². The zero-order chi connectivity index (χ0) is 16.1. The van der Waals surface area contributed by atoms with Crippen molar-refractivity contribution in [3.8, 4) is 0 Å². The molecule has 1 N–H and O–H groups in total. The third-order valence-electron chi connectivity index (χ3n) is 2.91. The van der Waals surface area contributed by atoms with Crippen LogP contribution in [0.2, 0.25) is 5.02 Å². The smallest absolute Gasteiger partial charge is 0.411 e. The average molecular weight is 349 g/mol. The van der Waals surface area contributed by atoms with Crippen LogP contribution in [0, 0.1) is 0 Å². The molecule has 5 nitrogen and oxygen atoms in total. The molecule has 0 spiro atoms. The third kappa shape index (κ3) is 4.40. The summed E-state index contributed by atoms with van der Waals surface area (Å²) in [6.07, 6.45) is -0.509. The molecule has 0 atom stereocenters. The van der Waals surface area contributed by atoms with Crippen molar-refractivity contribution in [2.45, 2.75) is 5.22 Å². The van der Waals surface area contributed by atoms with E-state index in [1.807, 2.05) is 24.3 Å². The van der Waals surface area contributed by atoms with Crippen LogP contribution < -0.4 is 5.32 Å². The van der Waals surface area contributed by atoms with Crippen molar-refractivity contribution in [3.05, 3.63) is 53.6 Å². The molecule has 1 amide bonds. The monoisotopic (exact) mass is 348 g/mol. The Kier molecular flexibility index (Phi) is 5.05. The standard InChI is InChI=1S/C16H13ClN2O3S/c17-11-5-7-12(8-6-11)18-15(20)21-9-10-23-16-19-13-3-1-2-4-14(13)22-16/h1-8H,9-10H2,(H,18,20). The number of fused-ring (bicyclic) bond motifs is 1. The second-order valence-electron chi connectivity index (χ2n) is 4.56. The van der Waals surface area contributed by atoms with Gasteiger partial charge in [0.05, 0.1) is 0 Å². The summed E-state index contributed by atoms with van der Waals surface area (Å²) in [5.74, 6) is 0.556. The Balaban J connectivity index is 1.42. The number of nitrogens with zero attached hydrogens (tertiary/aromatic N) is 1. The summed E-state index contributed by atoms with van der Waals surface area (Å²) in [5.41, 5.74) is 2.19. The minimum absolute atomic E-state index is 0.253. The van der Waals surface area contributed by atoms with Gasteiger partial charge >= 0.3 is 6.09 Å². The second kappa shape index (κ2) is 7.39. The molecule has 0 aliphatic rings. The molecule has 3 rings (SSSR count). The first-order valence-corrected chi connectivity index (χ1v) is 8.25. The number of carbonyl (C=O) groups excluding carboxylic acids is 1. The molecule has 0 saturated carbocycles. The van der Waals surface area contributed by atoms with Crippen molar-refractivity contribution >= 4 is 46.2 Å². The molecule has 0 aliphatic carbocycles. The highest BCUT2D eigenvalue weighted by Gasteiger charge is 2.07. The molecule has 118 valence electrons. The van der Waals surface area contributed by atoms with Gasteiger partial charge in [-0.1, -0.05) is 35.5 Å². The maximum absolute atomic E-state index is 11.6. The summed E-state index contributed by atoms with van der Waals surface area (Å²) < 4.78 is 10.7. The van der Waals surface area contributed by atoms with Crippen LogP contribution in [0.15, 0.2) is 58.2 Å². The molecular formula is C16H13ClN2O3S. The number of benzene rings is 2. The first-order valence-electron chi connectivity index (χ1n) is 6.88. The lowest BCUT2D eigenvalue weighted by Gasteiger charge is -2.06. The Morgan fingerprint density at radius 2 is 2.00 bits per heavy atom. The van der Waals surface area contributed by atoms with Crippen molar-refractivity contribution < 1.29 is 13.9 Å². The van der Waals surface area contributed by atoms with Crippen LogP contribution in [0.4, 0.5) is 10.5 Å². The number of hydrogen-bond donors (Lipinski definition) is 1. The van der Waals surface area contributed by atoms with Gasteiger partial charge < -0.3 is 9.15 Å². The van der Waals surface area contributed by atoms with Crippen LogP contribution in [0.3, 0.4) is 0 Å². The minimum atomic E-state index is -0.509. The van der Waals surface area contributed by atoms with Crippen molar-refractivity contribution in [1.82, 2.24) is 4.98 Å². The second-order valence-corrected chi connectivity index (χ2v) is 6.05. The molecular weight excluding hydrogens is 336 g/mol. The van der Waals surface area contributed by atoms with Gasteiger partial charge in [-0.05, 0) is 36.4 Å². The number of hydrogen-bond acceptors (Lipinski definition) is 5. The van der Waals surface area contributed by atoms with Crippen molar-refractivity contribution in [1.29, 1.82) is 0 Å². The number of nitrogens with one attached hydrogen (secondary N) is 1. The number of amides is 1. The summed E-state index contributed by atoms with van der Waals surface area (Å²) in [6.45, 7) is 0.253. The average Bonchev–Trinajstić information content (AvgIpc) is 2.96. The SMILES string of the molecule is O=C(Nc1ccc(Cl)cc1)OCCSc1nc2ccccc2o1. The van der Waals surface area contributed by atoms with E-state index >= 15 is 0 Å². The molecule has 7 heteroatoms. The fourth-order valence-corrected chi connectivity index (χ4v) is 2.64. The molecule has 2 aromatic carbocycles. The Hall–Kier alpha value is -2.18. The molecule has 0 saturated heterocycles. The van der Waals surface area contributed by atoms with Gasteiger partial charge in [-0.25, -0.2) is 9.78 Å². The van der Waals surface area contributed by atoms with Crippen LogP contribution in [0.25, 0.3) is 11.1 Å². The van der Waals surface area contributed by atoms with Crippen LogP contribution in [0.1, 0.15) is 0 Å². The molecule has 0 radical (unpaired) electrons. The van der Waals surface area contributed by atoms with Gasteiger partial charge in [-0.2, -0.15) is 0 Å². The molecule has 3 aromatic rings. The predicted molar refractivity (Wildman–Crippen MR) is 91.2 cm³/mol. The highest BCUT2D eigenvalue weighted by atomic mass is 35.5. The normalized spacial score (nSPS) is 10.7. The zero-order valence-electron chi connectivity index (χ0n) is 12.0. The summed E-state index contributed by atoms with van der Waals surface area (Å²) >= 11 is 7.17. The van der Waals surface area contributed by atoms with Gasteiger partial charge in [0.15, 0.2) is 5.58 Å². The molecule has 1 aromatic heterocycles. The highest BCUT2D eigenvalue weighted by Crippen LogP contribution is 2.22. The number of thioether (sulfide) groups is 1. The number of oxazole rings is 1. The lowest BCUT2D eigenvalue weighted by Crippen LogP contribution is -2.15. The third-order valence-corrected chi connectivity index (χ3v) is 3.95.